The molecule has 0 spiro atoms. The van der Waals surface area contributed by atoms with Crippen molar-refractivity contribution in [3.05, 3.63) is 35.3 Å². The van der Waals surface area contributed by atoms with Gasteiger partial charge in [-0.3, -0.25) is 4.79 Å². The first-order valence-corrected chi connectivity index (χ1v) is 6.21. The Balaban J connectivity index is 2.35. The third-order valence-electron chi connectivity index (χ3n) is 3.14. The van der Waals surface area contributed by atoms with Gasteiger partial charge in [0.15, 0.2) is 11.8 Å². The highest BCUT2D eigenvalue weighted by Gasteiger charge is 2.28. The van der Waals surface area contributed by atoms with Crippen LogP contribution in [-0.4, -0.2) is 34.2 Å². The van der Waals surface area contributed by atoms with Gasteiger partial charge >= 0.3 is 5.97 Å². The molecule has 3 N–H and O–H groups in total. The van der Waals surface area contributed by atoms with Crippen LogP contribution in [0.3, 0.4) is 0 Å². The lowest BCUT2D eigenvalue weighted by Crippen LogP contribution is -2.47. The summed E-state index contributed by atoms with van der Waals surface area (Å²) in [6.45, 7) is 2.82. The van der Waals surface area contributed by atoms with Gasteiger partial charge in [-0.05, 0) is 32.0 Å². The van der Waals surface area contributed by atoms with E-state index in [-0.39, 0.29) is 5.76 Å². The van der Waals surface area contributed by atoms with Gasteiger partial charge in [-0.1, -0.05) is 0 Å². The number of carboxylic acid groups (broad SMARTS) is 1. The van der Waals surface area contributed by atoms with Gasteiger partial charge in [-0.25, -0.2) is 9.18 Å². The molecular weight excluding hydrogens is 281 g/mol. The molecule has 21 heavy (non-hydrogen) atoms. The molecule has 0 unspecified atom stereocenters. The monoisotopic (exact) mass is 295 g/mol. The van der Waals surface area contributed by atoms with Gasteiger partial charge in [0.05, 0.1) is 6.10 Å². The van der Waals surface area contributed by atoms with Crippen molar-refractivity contribution >= 4 is 22.8 Å². The lowest BCUT2D eigenvalue weighted by Gasteiger charge is -2.16. The molecule has 0 aliphatic rings. The molecule has 7 heteroatoms. The van der Waals surface area contributed by atoms with Crippen LogP contribution in [-0.2, 0) is 4.79 Å². The normalized spacial score (nSPS) is 13.9. The number of halogens is 1. The van der Waals surface area contributed by atoms with Crippen molar-refractivity contribution in [3.63, 3.8) is 0 Å². The van der Waals surface area contributed by atoms with E-state index < -0.39 is 29.8 Å². The molecule has 0 radical (unpaired) electrons. The van der Waals surface area contributed by atoms with E-state index in [1.807, 2.05) is 0 Å². The largest absolute Gasteiger partial charge is 0.480 e. The molecule has 6 nitrogen and oxygen atoms in total. The number of aliphatic hydroxyl groups is 1. The van der Waals surface area contributed by atoms with Gasteiger partial charge in [-0.2, -0.15) is 0 Å². The first-order valence-electron chi connectivity index (χ1n) is 6.21. The number of rotatable bonds is 4. The maximum atomic E-state index is 13.2. The van der Waals surface area contributed by atoms with Gasteiger partial charge in [0.25, 0.3) is 5.91 Å². The molecule has 1 heterocycles. The Labute approximate surface area is 119 Å². The molecule has 0 saturated heterocycles. The molecule has 2 aromatic rings. The Bertz CT molecular complexity index is 707. The molecule has 2 atom stereocenters. The highest BCUT2D eigenvalue weighted by Crippen LogP contribution is 2.26. The quantitative estimate of drug-likeness (QED) is 0.792. The zero-order valence-electron chi connectivity index (χ0n) is 11.4. The summed E-state index contributed by atoms with van der Waals surface area (Å²) in [5.74, 6) is -2.72. The van der Waals surface area contributed by atoms with Gasteiger partial charge in [0, 0.05) is 10.9 Å². The van der Waals surface area contributed by atoms with Crippen molar-refractivity contribution in [2.75, 3.05) is 0 Å². The first-order chi connectivity index (χ1) is 9.81. The van der Waals surface area contributed by atoms with Gasteiger partial charge in [0.1, 0.15) is 11.4 Å². The number of benzene rings is 1. The second kappa shape index (κ2) is 5.53. The fourth-order valence-electron chi connectivity index (χ4n) is 2.01. The molecule has 0 bridgehead atoms. The van der Waals surface area contributed by atoms with Crippen LogP contribution in [0.15, 0.2) is 22.6 Å². The minimum atomic E-state index is -1.46. The maximum absolute atomic E-state index is 13.2. The van der Waals surface area contributed by atoms with E-state index in [4.69, 9.17) is 9.52 Å². The van der Waals surface area contributed by atoms with Crippen molar-refractivity contribution in [1.29, 1.82) is 0 Å². The zero-order valence-corrected chi connectivity index (χ0v) is 11.4. The number of carbonyl (C=O) groups excluding carboxylic acids is 1. The molecule has 112 valence electrons. The topological polar surface area (TPSA) is 99.8 Å². The summed E-state index contributed by atoms with van der Waals surface area (Å²) in [5, 5.41) is 20.9. The summed E-state index contributed by atoms with van der Waals surface area (Å²) in [6, 6.07) is 2.36. The van der Waals surface area contributed by atoms with Gasteiger partial charge in [0.2, 0.25) is 0 Å². The number of fused-ring (bicyclic) bond motifs is 1. The summed E-state index contributed by atoms with van der Waals surface area (Å²) in [5.41, 5.74) is 0.722. The van der Waals surface area contributed by atoms with E-state index in [9.17, 15) is 19.1 Å². The molecule has 0 aliphatic carbocycles. The summed E-state index contributed by atoms with van der Waals surface area (Å²) in [6.07, 6.45) is -1.27. The number of hydrogen-bond acceptors (Lipinski definition) is 4. The third kappa shape index (κ3) is 2.87. The van der Waals surface area contributed by atoms with Crippen molar-refractivity contribution in [2.24, 2.45) is 0 Å². The lowest BCUT2D eigenvalue weighted by molar-refractivity contribution is -0.141. The molecule has 1 amide bonds. The predicted octanol–water partition coefficient (Wildman–Crippen LogP) is 1.44. The van der Waals surface area contributed by atoms with Crippen LogP contribution in [0.1, 0.15) is 23.0 Å². The first kappa shape index (κ1) is 15.0. The van der Waals surface area contributed by atoms with E-state index in [0.29, 0.717) is 16.5 Å². The van der Waals surface area contributed by atoms with E-state index >= 15 is 0 Å². The molecule has 1 aromatic carbocycles. The van der Waals surface area contributed by atoms with E-state index in [0.717, 1.165) is 0 Å². The summed E-state index contributed by atoms with van der Waals surface area (Å²) in [7, 11) is 0. The van der Waals surface area contributed by atoms with E-state index in [2.05, 4.69) is 5.32 Å². The van der Waals surface area contributed by atoms with Gasteiger partial charge < -0.3 is 19.9 Å². The van der Waals surface area contributed by atoms with Crippen molar-refractivity contribution < 1.29 is 28.6 Å². The number of amides is 1. The number of aliphatic carboxylic acids is 1. The number of carboxylic acids is 1. The Morgan fingerprint density at radius 3 is 2.62 bits per heavy atom. The van der Waals surface area contributed by atoms with Crippen molar-refractivity contribution in [1.82, 2.24) is 5.32 Å². The van der Waals surface area contributed by atoms with E-state index in [1.165, 1.54) is 25.1 Å². The number of furan rings is 1. The Kier molecular flexibility index (Phi) is 3.95. The van der Waals surface area contributed by atoms with Crippen LogP contribution >= 0.6 is 0 Å². The Morgan fingerprint density at radius 1 is 1.38 bits per heavy atom. The highest BCUT2D eigenvalue weighted by molar-refractivity contribution is 6.00. The van der Waals surface area contributed by atoms with Gasteiger partial charge in [-0.15, -0.1) is 0 Å². The predicted molar refractivity (Wildman–Crippen MR) is 71.5 cm³/mol. The second-order valence-electron chi connectivity index (χ2n) is 4.73. The van der Waals surface area contributed by atoms with Crippen LogP contribution in [0.5, 0.6) is 0 Å². The van der Waals surface area contributed by atoms with E-state index in [1.54, 1.807) is 6.92 Å². The van der Waals surface area contributed by atoms with Crippen molar-refractivity contribution in [3.8, 4) is 0 Å². The van der Waals surface area contributed by atoms with Crippen LogP contribution in [0.4, 0.5) is 4.39 Å². The average Bonchev–Trinajstić information content (AvgIpc) is 2.72. The SMILES string of the molecule is Cc1c(C(=O)N[C@H](C(=O)O)[C@@H](C)O)oc2ccc(F)cc12. The fraction of sp³-hybridized carbons (Fsp3) is 0.286. The molecule has 0 saturated carbocycles. The minimum absolute atomic E-state index is 0.109. The van der Waals surface area contributed by atoms with Crippen LogP contribution in [0, 0.1) is 12.7 Å². The van der Waals surface area contributed by atoms with Crippen LogP contribution in [0.25, 0.3) is 11.0 Å². The van der Waals surface area contributed by atoms with Crippen LogP contribution < -0.4 is 5.32 Å². The standard InChI is InChI=1S/C14H14FNO5/c1-6-9-5-8(15)3-4-10(9)21-12(6)13(18)16-11(7(2)17)14(19)20/h3-5,7,11,17H,1-2H3,(H,16,18)(H,19,20)/t7-,11+/m1/s1. The molecule has 0 fully saturated rings. The molecule has 0 aliphatic heterocycles. The summed E-state index contributed by atoms with van der Waals surface area (Å²) < 4.78 is 18.5. The maximum Gasteiger partial charge on any atom is 0.328 e. The Morgan fingerprint density at radius 2 is 2.05 bits per heavy atom. The van der Waals surface area contributed by atoms with Crippen LogP contribution in [0.2, 0.25) is 0 Å². The average molecular weight is 295 g/mol. The lowest BCUT2D eigenvalue weighted by atomic mass is 10.1. The van der Waals surface area contributed by atoms with Crippen molar-refractivity contribution in [2.45, 2.75) is 26.0 Å². The molecular formula is C14H14FNO5. The molecule has 1 aromatic heterocycles. The fourth-order valence-corrected chi connectivity index (χ4v) is 2.01. The highest BCUT2D eigenvalue weighted by atomic mass is 19.1. The Hall–Kier alpha value is -2.41. The number of aryl methyl sites for hydroxylation is 1. The summed E-state index contributed by atoms with van der Waals surface area (Å²) >= 11 is 0. The number of aliphatic hydroxyl groups excluding tert-OH is 1. The minimum Gasteiger partial charge on any atom is -0.480 e. The second-order valence-corrected chi connectivity index (χ2v) is 4.73. The number of nitrogens with one attached hydrogen (secondary N) is 1. The smallest absolute Gasteiger partial charge is 0.328 e. The number of carbonyl (C=O) groups is 2. The zero-order chi connectivity index (χ0) is 15.7. The third-order valence-corrected chi connectivity index (χ3v) is 3.14. The number of hydrogen-bond donors (Lipinski definition) is 3. The molecule has 2 rings (SSSR count). The summed E-state index contributed by atoms with van der Waals surface area (Å²) in [4.78, 5) is 23.0.